The van der Waals surface area contributed by atoms with E-state index in [1.54, 1.807) is 6.08 Å². The second kappa shape index (κ2) is 15.1. The smallest absolute Gasteiger partial charge is 0.327 e. The number of benzene rings is 1. The molecular formula is C27H37N2O3-. The Morgan fingerprint density at radius 1 is 1.00 bits per heavy atom. The summed E-state index contributed by atoms with van der Waals surface area (Å²) in [5, 5.41) is 23.9. The molecule has 174 valence electrons. The Balaban J connectivity index is 1.98. The van der Waals surface area contributed by atoms with Gasteiger partial charge in [0.25, 0.3) is 0 Å². The average molecular weight is 438 g/mol. The van der Waals surface area contributed by atoms with Crippen LogP contribution in [0.4, 0.5) is 5.82 Å². The number of aromatic amines is 1. The molecule has 5 nitrogen and oxygen atoms in total. The number of carbonyl (C=O) groups is 1. The first-order valence-electron chi connectivity index (χ1n) is 11.7. The molecule has 0 aliphatic heterocycles. The van der Waals surface area contributed by atoms with Crippen LogP contribution in [-0.4, -0.2) is 33.3 Å². The molecule has 3 atom stereocenters. The summed E-state index contributed by atoms with van der Waals surface area (Å²) in [6.45, 7) is 2.14. The molecule has 1 aromatic heterocycles. The van der Waals surface area contributed by atoms with Crippen LogP contribution in [0.15, 0.2) is 66.9 Å². The third kappa shape index (κ3) is 11.0. The van der Waals surface area contributed by atoms with Gasteiger partial charge in [0.1, 0.15) is 0 Å². The van der Waals surface area contributed by atoms with Crippen molar-refractivity contribution < 1.29 is 15.0 Å². The molecule has 0 saturated heterocycles. The minimum absolute atomic E-state index is 0.201. The molecule has 2 rings (SSSR count). The van der Waals surface area contributed by atoms with Gasteiger partial charge in [0.2, 0.25) is 0 Å². The molecule has 0 saturated carbocycles. The van der Waals surface area contributed by atoms with Crippen molar-refractivity contribution in [1.29, 1.82) is 0 Å². The molecule has 1 aromatic carbocycles. The largest absolute Gasteiger partial charge is 0.478 e. The Morgan fingerprint density at radius 3 is 2.47 bits per heavy atom. The fraction of sp³-hybridized carbons (Fsp3) is 0.444. The van der Waals surface area contributed by atoms with E-state index in [1.165, 1.54) is 11.6 Å². The average Bonchev–Trinajstić information content (AvgIpc) is 3.30. The zero-order chi connectivity index (χ0) is 23.0. The van der Waals surface area contributed by atoms with Crippen molar-refractivity contribution in [3.8, 4) is 0 Å². The van der Waals surface area contributed by atoms with Gasteiger partial charge in [0.15, 0.2) is 0 Å². The highest BCUT2D eigenvalue weighted by molar-refractivity contribution is 5.80. The molecule has 0 spiro atoms. The van der Waals surface area contributed by atoms with Crippen molar-refractivity contribution in [3.05, 3.63) is 77.8 Å². The Kier molecular flexibility index (Phi) is 12.0. The van der Waals surface area contributed by atoms with Gasteiger partial charge in [0.05, 0.1) is 6.10 Å². The molecule has 3 N–H and O–H groups in total. The van der Waals surface area contributed by atoms with Crippen LogP contribution in [0, 0.1) is 5.92 Å². The molecule has 0 fully saturated rings. The van der Waals surface area contributed by atoms with Crippen LogP contribution in [0.2, 0.25) is 0 Å². The van der Waals surface area contributed by atoms with Crippen molar-refractivity contribution in [2.45, 2.75) is 70.4 Å². The normalized spacial score (nSPS) is 14.6. The van der Waals surface area contributed by atoms with Crippen LogP contribution >= 0.6 is 0 Å². The predicted octanol–water partition coefficient (Wildman–Crippen LogP) is 6.86. The molecule has 2 aromatic rings. The SMILES string of the molecule is CCCCC(O)CCCC(C=Cc1ccccc1)CCC(C=CC(=O)O)[N-]c1ccc[nH]1. The topological polar surface area (TPSA) is 87.4 Å². The van der Waals surface area contributed by atoms with Gasteiger partial charge < -0.3 is 20.5 Å². The molecule has 5 heteroatoms. The number of aromatic nitrogens is 1. The van der Waals surface area contributed by atoms with Crippen LogP contribution < -0.4 is 0 Å². The Bertz CT molecular complexity index is 800. The molecule has 0 aliphatic carbocycles. The maximum atomic E-state index is 11.0. The zero-order valence-electron chi connectivity index (χ0n) is 19.1. The maximum absolute atomic E-state index is 11.0. The third-order valence-electron chi connectivity index (χ3n) is 5.54. The van der Waals surface area contributed by atoms with Crippen LogP contribution in [-0.2, 0) is 4.79 Å². The zero-order valence-corrected chi connectivity index (χ0v) is 19.1. The summed E-state index contributed by atoms with van der Waals surface area (Å²) in [5.41, 5.74) is 1.17. The number of aliphatic hydroxyl groups is 1. The highest BCUT2D eigenvalue weighted by Gasteiger charge is 2.11. The van der Waals surface area contributed by atoms with E-state index < -0.39 is 5.97 Å². The molecule has 0 aliphatic rings. The van der Waals surface area contributed by atoms with Gasteiger partial charge >= 0.3 is 5.97 Å². The fourth-order valence-corrected chi connectivity index (χ4v) is 3.71. The summed E-state index contributed by atoms with van der Waals surface area (Å²) in [6.07, 6.45) is 16.3. The minimum Gasteiger partial charge on any atom is -0.478 e. The first-order chi connectivity index (χ1) is 15.6. The number of hydrogen-bond donors (Lipinski definition) is 3. The van der Waals surface area contributed by atoms with E-state index in [-0.39, 0.29) is 12.1 Å². The van der Waals surface area contributed by atoms with Crippen molar-refractivity contribution in [2.24, 2.45) is 5.92 Å². The summed E-state index contributed by atoms with van der Waals surface area (Å²) in [4.78, 5) is 14.1. The number of allylic oxidation sites excluding steroid dienone is 1. The van der Waals surface area contributed by atoms with Gasteiger partial charge in [0, 0.05) is 6.08 Å². The lowest BCUT2D eigenvalue weighted by molar-refractivity contribution is -0.131. The molecule has 0 radical (unpaired) electrons. The predicted molar refractivity (Wildman–Crippen MR) is 132 cm³/mol. The number of nitrogens with one attached hydrogen (secondary N) is 1. The molecule has 32 heavy (non-hydrogen) atoms. The Morgan fingerprint density at radius 2 is 1.78 bits per heavy atom. The van der Waals surface area contributed by atoms with E-state index in [9.17, 15) is 9.90 Å². The summed E-state index contributed by atoms with van der Waals surface area (Å²) < 4.78 is 0. The number of carboxylic acid groups (broad SMARTS) is 1. The summed E-state index contributed by atoms with van der Waals surface area (Å²) in [6, 6.07) is 13.8. The highest BCUT2D eigenvalue weighted by Crippen LogP contribution is 2.26. The van der Waals surface area contributed by atoms with Gasteiger partial charge in [-0.25, -0.2) is 4.79 Å². The van der Waals surface area contributed by atoms with Crippen molar-refractivity contribution in [1.82, 2.24) is 4.98 Å². The Hall–Kier alpha value is -2.79. The number of hydrogen-bond acceptors (Lipinski definition) is 2. The lowest BCUT2D eigenvalue weighted by Crippen LogP contribution is -2.09. The summed E-state index contributed by atoms with van der Waals surface area (Å²) in [5.74, 6) is 0.131. The van der Waals surface area contributed by atoms with E-state index in [1.807, 2.05) is 36.5 Å². The van der Waals surface area contributed by atoms with Gasteiger partial charge in [-0.2, -0.15) is 0 Å². The minimum atomic E-state index is -0.960. The first-order valence-corrected chi connectivity index (χ1v) is 11.7. The van der Waals surface area contributed by atoms with E-state index in [4.69, 9.17) is 5.11 Å². The molecular weight excluding hydrogens is 400 g/mol. The quantitative estimate of drug-likeness (QED) is 0.251. The van der Waals surface area contributed by atoms with Crippen molar-refractivity contribution in [3.63, 3.8) is 0 Å². The number of unbranched alkanes of at least 4 members (excludes halogenated alkanes) is 1. The second-order valence-corrected chi connectivity index (χ2v) is 8.28. The number of nitrogens with zero attached hydrogens (tertiary/aromatic N) is 1. The van der Waals surface area contributed by atoms with Gasteiger partial charge in [-0.15, -0.1) is 0 Å². The molecule has 0 bridgehead atoms. The van der Waals surface area contributed by atoms with Crippen molar-refractivity contribution in [2.75, 3.05) is 0 Å². The van der Waals surface area contributed by atoms with Crippen LogP contribution in [0.3, 0.4) is 0 Å². The van der Waals surface area contributed by atoms with Gasteiger partial charge in [-0.3, -0.25) is 0 Å². The van der Waals surface area contributed by atoms with E-state index in [0.29, 0.717) is 5.92 Å². The van der Waals surface area contributed by atoms with Crippen LogP contribution in [0.5, 0.6) is 0 Å². The number of H-pyrrole nitrogens is 1. The van der Waals surface area contributed by atoms with Crippen molar-refractivity contribution >= 4 is 17.9 Å². The van der Waals surface area contributed by atoms with Crippen LogP contribution in [0.1, 0.15) is 63.9 Å². The summed E-state index contributed by atoms with van der Waals surface area (Å²) >= 11 is 0. The third-order valence-corrected chi connectivity index (χ3v) is 5.54. The standard InChI is InChI=1S/C27H37N2O3/c1-2-3-12-25(30)13-7-11-23(16-15-22-9-5-4-6-10-22)17-18-24(19-20-27(31)32)29-26-14-8-21-28-26/h4-6,8-10,14-16,19-21,23-25,28,30H,2-3,7,11-13,17-18H2,1H3,(H,31,32)/q-1. The van der Waals surface area contributed by atoms with Crippen LogP contribution in [0.25, 0.3) is 11.4 Å². The number of aliphatic carboxylic acids is 1. The number of aliphatic hydroxyl groups excluding tert-OH is 1. The van der Waals surface area contributed by atoms with E-state index >= 15 is 0 Å². The molecule has 1 heterocycles. The molecule has 0 amide bonds. The lowest BCUT2D eigenvalue weighted by Gasteiger charge is -2.24. The molecule has 3 unspecified atom stereocenters. The highest BCUT2D eigenvalue weighted by atomic mass is 16.4. The monoisotopic (exact) mass is 437 g/mol. The second-order valence-electron chi connectivity index (χ2n) is 8.28. The first kappa shape index (κ1) is 25.5. The maximum Gasteiger partial charge on any atom is 0.327 e. The lowest BCUT2D eigenvalue weighted by atomic mass is 9.92. The van der Waals surface area contributed by atoms with Gasteiger partial charge in [-0.1, -0.05) is 98.9 Å². The van der Waals surface area contributed by atoms with E-state index in [2.05, 4.69) is 41.5 Å². The number of rotatable bonds is 16. The fourth-order valence-electron chi connectivity index (χ4n) is 3.71. The Labute approximate surface area is 192 Å². The van der Waals surface area contributed by atoms with Gasteiger partial charge in [-0.05, 0) is 49.6 Å². The summed E-state index contributed by atoms with van der Waals surface area (Å²) in [7, 11) is 0. The van der Waals surface area contributed by atoms with E-state index in [0.717, 1.165) is 57.2 Å². The number of carboxylic acids is 1.